The second-order valence-corrected chi connectivity index (χ2v) is 9.83. The van der Waals surface area contributed by atoms with Gasteiger partial charge in [0.15, 0.2) is 5.16 Å². The number of aromatic nitrogens is 2. The molecule has 3 N–H and O–H groups in total. The van der Waals surface area contributed by atoms with Crippen LogP contribution in [0.3, 0.4) is 0 Å². The van der Waals surface area contributed by atoms with E-state index in [1.165, 1.54) is 29.5 Å². The molecule has 166 valence electrons. The number of nitrogens with zero attached hydrogens (tertiary/aromatic N) is 2. The van der Waals surface area contributed by atoms with Gasteiger partial charge in [-0.25, -0.2) is 18.5 Å². The average Bonchev–Trinajstić information content (AvgIpc) is 3.10. The van der Waals surface area contributed by atoms with Gasteiger partial charge in [0.2, 0.25) is 15.9 Å². The Morgan fingerprint density at radius 1 is 1.16 bits per heavy atom. The fraction of sp³-hybridized carbons (Fsp3) is 0.364. The molecule has 2 aromatic carbocycles. The van der Waals surface area contributed by atoms with Crippen LogP contribution in [-0.2, 0) is 27.8 Å². The first kappa shape index (κ1) is 23.3. The van der Waals surface area contributed by atoms with Gasteiger partial charge in [-0.1, -0.05) is 55.4 Å². The minimum absolute atomic E-state index is 0.0350. The van der Waals surface area contributed by atoms with Gasteiger partial charge in [0.25, 0.3) is 0 Å². The highest BCUT2D eigenvalue weighted by atomic mass is 32.2. The van der Waals surface area contributed by atoms with E-state index >= 15 is 0 Å². The molecule has 0 aliphatic heterocycles. The maximum absolute atomic E-state index is 12.3. The summed E-state index contributed by atoms with van der Waals surface area (Å²) in [6, 6.07) is 14.9. The number of aryl methyl sites for hydroxylation is 2. The lowest BCUT2D eigenvalue weighted by Crippen LogP contribution is -2.26. The molecular formula is C22H28N4O3S2. The standard InChI is InChI=1S/C22H28N4O3S2/c1-2-3-14-26-20-12-11-18(31(23,28)29)15-19(20)25-22(26)30-16-21(27)24-13-7-10-17-8-5-4-6-9-17/h4-6,8-9,11-12,15H,2-3,7,10,13-14,16H2,1H3,(H,24,27)(H2,23,28,29). The van der Waals surface area contributed by atoms with Gasteiger partial charge in [0.05, 0.1) is 21.7 Å². The largest absolute Gasteiger partial charge is 0.355 e. The van der Waals surface area contributed by atoms with E-state index in [1.54, 1.807) is 6.07 Å². The number of sulfonamides is 1. The SMILES string of the molecule is CCCCn1c(SCC(=O)NCCCc2ccccc2)nc2cc(S(N)(=O)=O)ccc21. The summed E-state index contributed by atoms with van der Waals surface area (Å²) in [5, 5.41) is 8.90. The Hall–Kier alpha value is -2.36. The molecule has 0 bridgehead atoms. The third-order valence-corrected chi connectivity index (χ3v) is 6.78. The highest BCUT2D eigenvalue weighted by molar-refractivity contribution is 7.99. The number of nitrogens with one attached hydrogen (secondary N) is 1. The number of rotatable bonds is 11. The third kappa shape index (κ3) is 6.56. The number of fused-ring (bicyclic) bond motifs is 1. The third-order valence-electron chi connectivity index (χ3n) is 4.89. The summed E-state index contributed by atoms with van der Waals surface area (Å²) in [5.41, 5.74) is 2.66. The number of nitrogens with two attached hydrogens (primary N) is 1. The van der Waals surface area contributed by atoms with Crippen molar-refractivity contribution < 1.29 is 13.2 Å². The van der Waals surface area contributed by atoms with Gasteiger partial charge < -0.3 is 9.88 Å². The number of carbonyl (C=O) groups excluding carboxylic acids is 1. The predicted molar refractivity (Wildman–Crippen MR) is 125 cm³/mol. The first-order valence-corrected chi connectivity index (χ1v) is 12.9. The minimum atomic E-state index is -3.79. The van der Waals surface area contributed by atoms with E-state index in [0.717, 1.165) is 37.7 Å². The Kier molecular flexibility index (Phi) is 8.11. The first-order valence-electron chi connectivity index (χ1n) is 10.3. The van der Waals surface area contributed by atoms with Crippen LogP contribution >= 0.6 is 11.8 Å². The van der Waals surface area contributed by atoms with Crippen molar-refractivity contribution in [2.75, 3.05) is 12.3 Å². The molecule has 3 aromatic rings. The van der Waals surface area contributed by atoms with Crippen molar-refractivity contribution in [1.82, 2.24) is 14.9 Å². The number of primary sulfonamides is 1. The number of carbonyl (C=O) groups is 1. The molecule has 0 aliphatic carbocycles. The van der Waals surface area contributed by atoms with Gasteiger partial charge in [-0.05, 0) is 43.0 Å². The fourth-order valence-electron chi connectivity index (χ4n) is 3.25. The van der Waals surface area contributed by atoms with Crippen molar-refractivity contribution in [3.63, 3.8) is 0 Å². The summed E-state index contributed by atoms with van der Waals surface area (Å²) < 4.78 is 25.4. The van der Waals surface area contributed by atoms with Crippen molar-refractivity contribution in [1.29, 1.82) is 0 Å². The molecule has 1 amide bonds. The van der Waals surface area contributed by atoms with E-state index in [-0.39, 0.29) is 16.6 Å². The lowest BCUT2D eigenvalue weighted by molar-refractivity contribution is -0.118. The second kappa shape index (κ2) is 10.8. The van der Waals surface area contributed by atoms with Crippen molar-refractivity contribution in [2.24, 2.45) is 5.14 Å². The summed E-state index contributed by atoms with van der Waals surface area (Å²) in [7, 11) is -3.79. The van der Waals surface area contributed by atoms with Crippen LogP contribution in [0.4, 0.5) is 0 Å². The Labute approximate surface area is 187 Å². The molecule has 0 aliphatic rings. The smallest absolute Gasteiger partial charge is 0.238 e. The average molecular weight is 461 g/mol. The van der Waals surface area contributed by atoms with Gasteiger partial charge >= 0.3 is 0 Å². The van der Waals surface area contributed by atoms with Crippen molar-refractivity contribution >= 4 is 38.7 Å². The quantitative estimate of drug-likeness (QED) is 0.337. The zero-order valence-electron chi connectivity index (χ0n) is 17.6. The van der Waals surface area contributed by atoms with E-state index in [9.17, 15) is 13.2 Å². The van der Waals surface area contributed by atoms with Crippen LogP contribution in [0.25, 0.3) is 11.0 Å². The molecule has 1 aromatic heterocycles. The normalized spacial score (nSPS) is 11.7. The number of thioether (sulfide) groups is 1. The molecule has 31 heavy (non-hydrogen) atoms. The number of hydrogen-bond acceptors (Lipinski definition) is 5. The van der Waals surface area contributed by atoms with E-state index in [2.05, 4.69) is 29.4 Å². The topological polar surface area (TPSA) is 107 Å². The van der Waals surface area contributed by atoms with Crippen LogP contribution in [0.2, 0.25) is 0 Å². The van der Waals surface area contributed by atoms with Gasteiger partial charge in [-0.15, -0.1) is 0 Å². The van der Waals surface area contributed by atoms with Gasteiger partial charge in [-0.2, -0.15) is 0 Å². The number of benzene rings is 2. The van der Waals surface area contributed by atoms with Gasteiger partial charge in [0, 0.05) is 13.1 Å². The Bertz CT molecular complexity index is 1130. The lowest BCUT2D eigenvalue weighted by atomic mass is 10.1. The van der Waals surface area contributed by atoms with Gasteiger partial charge in [-0.3, -0.25) is 4.79 Å². The van der Waals surface area contributed by atoms with Crippen LogP contribution < -0.4 is 10.5 Å². The molecule has 3 rings (SSSR count). The van der Waals surface area contributed by atoms with E-state index in [0.29, 0.717) is 17.2 Å². The summed E-state index contributed by atoms with van der Waals surface area (Å²) >= 11 is 1.36. The summed E-state index contributed by atoms with van der Waals surface area (Å²) in [5.74, 6) is 0.209. The number of imidazole rings is 1. The minimum Gasteiger partial charge on any atom is -0.355 e. The summed E-state index contributed by atoms with van der Waals surface area (Å²) in [6.45, 7) is 3.48. The summed E-state index contributed by atoms with van der Waals surface area (Å²) in [4.78, 5) is 16.9. The highest BCUT2D eigenvalue weighted by Crippen LogP contribution is 2.26. The number of unbranched alkanes of at least 4 members (excludes halogenated alkanes) is 1. The lowest BCUT2D eigenvalue weighted by Gasteiger charge is -2.09. The molecule has 0 atom stereocenters. The maximum atomic E-state index is 12.3. The van der Waals surface area contributed by atoms with E-state index in [1.807, 2.05) is 22.8 Å². The molecule has 7 nitrogen and oxygen atoms in total. The van der Waals surface area contributed by atoms with Crippen LogP contribution in [0.5, 0.6) is 0 Å². The van der Waals surface area contributed by atoms with Gasteiger partial charge in [0.1, 0.15) is 0 Å². The molecule has 0 saturated heterocycles. The second-order valence-electron chi connectivity index (χ2n) is 7.32. The van der Waals surface area contributed by atoms with Crippen LogP contribution in [0.15, 0.2) is 58.6 Å². The molecule has 1 heterocycles. The van der Waals surface area contributed by atoms with Crippen molar-refractivity contribution in [3.05, 3.63) is 54.1 Å². The number of amides is 1. The molecule has 0 saturated carbocycles. The maximum Gasteiger partial charge on any atom is 0.238 e. The molecule has 0 unspecified atom stereocenters. The molecule has 0 fully saturated rings. The Morgan fingerprint density at radius 3 is 2.65 bits per heavy atom. The molecule has 0 radical (unpaired) electrons. The number of hydrogen-bond donors (Lipinski definition) is 2. The molecule has 9 heteroatoms. The van der Waals surface area contributed by atoms with Crippen molar-refractivity contribution in [2.45, 2.75) is 49.2 Å². The van der Waals surface area contributed by atoms with Crippen LogP contribution in [-0.4, -0.2) is 36.2 Å². The van der Waals surface area contributed by atoms with Crippen LogP contribution in [0, 0.1) is 0 Å². The Balaban J connectivity index is 1.61. The monoisotopic (exact) mass is 460 g/mol. The predicted octanol–water partition coefficient (Wildman–Crippen LogP) is 3.32. The zero-order valence-corrected chi connectivity index (χ0v) is 19.2. The van der Waals surface area contributed by atoms with Crippen LogP contribution in [0.1, 0.15) is 31.7 Å². The summed E-state index contributed by atoms with van der Waals surface area (Å²) in [6.07, 6.45) is 3.78. The molecule has 0 spiro atoms. The molecular weight excluding hydrogens is 432 g/mol. The van der Waals surface area contributed by atoms with E-state index < -0.39 is 10.0 Å². The highest BCUT2D eigenvalue weighted by Gasteiger charge is 2.16. The fourth-order valence-corrected chi connectivity index (χ4v) is 4.66. The Morgan fingerprint density at radius 2 is 1.94 bits per heavy atom. The van der Waals surface area contributed by atoms with Crippen molar-refractivity contribution in [3.8, 4) is 0 Å². The van der Waals surface area contributed by atoms with E-state index in [4.69, 9.17) is 5.14 Å². The first-order chi connectivity index (χ1) is 14.9. The zero-order chi connectivity index (χ0) is 22.3.